The molecule has 0 amide bonds. The fraction of sp³-hybridized carbons (Fsp3) is 0.421. The summed E-state index contributed by atoms with van der Waals surface area (Å²) in [6, 6.07) is 2.13. The van der Waals surface area contributed by atoms with E-state index in [1.54, 1.807) is 13.0 Å². The van der Waals surface area contributed by atoms with Crippen LogP contribution in [0.25, 0.3) is 11.2 Å². The average Bonchev–Trinajstić information content (AvgIpc) is 3.04. The van der Waals surface area contributed by atoms with E-state index >= 15 is 0 Å². The number of nitrogens with zero attached hydrogens (tertiary/aromatic N) is 3. The summed E-state index contributed by atoms with van der Waals surface area (Å²) in [6.45, 7) is 3.68. The van der Waals surface area contributed by atoms with Crippen molar-refractivity contribution in [2.45, 2.75) is 38.7 Å². The van der Waals surface area contributed by atoms with Crippen molar-refractivity contribution in [1.29, 1.82) is 0 Å². The van der Waals surface area contributed by atoms with E-state index in [4.69, 9.17) is 16.3 Å². The van der Waals surface area contributed by atoms with Gasteiger partial charge in [-0.2, -0.15) is 4.98 Å². The average molecular weight is 389 g/mol. The first kappa shape index (κ1) is 17.9. The number of H-pyrrole nitrogens is 1. The zero-order chi connectivity index (χ0) is 19.0. The summed E-state index contributed by atoms with van der Waals surface area (Å²) in [7, 11) is 0. The molecule has 0 bridgehead atoms. The standard InChI is InChI=1S/C19H21ClN4O3/c1-11-5-6-12(9-13(11)18(25)26)27-19-21-15-10-14(20)17(22-16(15)23-19)24-7-3-2-4-8-24/h5-6,10,12H,2-4,7-9H2,1H3,(H,25,26)(H,21,22,23). The number of allylic oxidation sites excluding steroid dienone is 2. The molecule has 1 saturated heterocycles. The van der Waals surface area contributed by atoms with Gasteiger partial charge in [-0.15, -0.1) is 0 Å². The summed E-state index contributed by atoms with van der Waals surface area (Å²) in [5.74, 6) is -0.166. The van der Waals surface area contributed by atoms with Crippen LogP contribution < -0.4 is 9.64 Å². The molecule has 1 aliphatic carbocycles. The number of carboxylic acids is 1. The molecule has 7 nitrogen and oxygen atoms in total. The van der Waals surface area contributed by atoms with Crippen molar-refractivity contribution in [2.24, 2.45) is 0 Å². The highest BCUT2D eigenvalue weighted by molar-refractivity contribution is 6.33. The lowest BCUT2D eigenvalue weighted by atomic mass is 9.97. The van der Waals surface area contributed by atoms with E-state index in [9.17, 15) is 9.90 Å². The van der Waals surface area contributed by atoms with E-state index < -0.39 is 12.1 Å². The molecular formula is C19H21ClN4O3. The fourth-order valence-corrected chi connectivity index (χ4v) is 3.80. The fourth-order valence-electron chi connectivity index (χ4n) is 3.53. The minimum Gasteiger partial charge on any atom is -0.478 e. The smallest absolute Gasteiger partial charge is 0.331 e. The highest BCUT2D eigenvalue weighted by Gasteiger charge is 2.23. The maximum atomic E-state index is 11.3. The van der Waals surface area contributed by atoms with Crippen LogP contribution in [0.5, 0.6) is 6.01 Å². The second kappa shape index (κ2) is 7.23. The lowest BCUT2D eigenvalue weighted by Gasteiger charge is -2.28. The quantitative estimate of drug-likeness (QED) is 0.829. The third kappa shape index (κ3) is 3.64. The highest BCUT2D eigenvalue weighted by atomic mass is 35.5. The van der Waals surface area contributed by atoms with Crippen LogP contribution in [0.15, 0.2) is 29.4 Å². The van der Waals surface area contributed by atoms with Gasteiger partial charge < -0.3 is 19.7 Å². The lowest BCUT2D eigenvalue weighted by Crippen LogP contribution is -2.30. The van der Waals surface area contributed by atoms with Gasteiger partial charge in [0.1, 0.15) is 11.9 Å². The van der Waals surface area contributed by atoms with Crippen LogP contribution in [0.4, 0.5) is 5.82 Å². The van der Waals surface area contributed by atoms with Crippen LogP contribution in [-0.4, -0.2) is 45.2 Å². The molecule has 1 atom stereocenters. The summed E-state index contributed by atoms with van der Waals surface area (Å²) in [5, 5.41) is 9.88. The molecule has 1 fully saturated rings. The maximum Gasteiger partial charge on any atom is 0.331 e. The Morgan fingerprint density at radius 2 is 2.11 bits per heavy atom. The molecule has 1 aliphatic heterocycles. The van der Waals surface area contributed by atoms with Crippen LogP contribution in [-0.2, 0) is 4.79 Å². The van der Waals surface area contributed by atoms with Gasteiger partial charge in [0.15, 0.2) is 5.65 Å². The number of anilines is 1. The topological polar surface area (TPSA) is 91.3 Å². The third-order valence-electron chi connectivity index (χ3n) is 5.01. The largest absolute Gasteiger partial charge is 0.478 e. The van der Waals surface area contributed by atoms with Gasteiger partial charge in [0.05, 0.1) is 10.5 Å². The van der Waals surface area contributed by atoms with Gasteiger partial charge in [0.2, 0.25) is 0 Å². The molecular weight excluding hydrogens is 368 g/mol. The van der Waals surface area contributed by atoms with E-state index in [2.05, 4.69) is 19.9 Å². The van der Waals surface area contributed by atoms with Gasteiger partial charge in [0.25, 0.3) is 6.01 Å². The predicted molar refractivity (Wildman–Crippen MR) is 103 cm³/mol. The number of nitrogens with one attached hydrogen (secondary N) is 1. The van der Waals surface area contributed by atoms with Crippen LogP contribution in [0.1, 0.15) is 32.6 Å². The Balaban J connectivity index is 1.55. The van der Waals surface area contributed by atoms with E-state index in [-0.39, 0.29) is 0 Å². The number of aliphatic carboxylic acids is 1. The van der Waals surface area contributed by atoms with Gasteiger partial charge in [-0.3, -0.25) is 0 Å². The van der Waals surface area contributed by atoms with Crippen molar-refractivity contribution in [2.75, 3.05) is 18.0 Å². The van der Waals surface area contributed by atoms with Crippen LogP contribution >= 0.6 is 11.6 Å². The second-order valence-corrected chi connectivity index (χ2v) is 7.35. The molecule has 4 rings (SSSR count). The Morgan fingerprint density at radius 3 is 2.85 bits per heavy atom. The summed E-state index contributed by atoms with van der Waals surface area (Å²) >= 11 is 6.43. The minimum atomic E-state index is -0.922. The van der Waals surface area contributed by atoms with Crippen LogP contribution in [0.2, 0.25) is 5.02 Å². The third-order valence-corrected chi connectivity index (χ3v) is 5.28. The number of rotatable bonds is 4. The van der Waals surface area contributed by atoms with Crippen LogP contribution in [0.3, 0.4) is 0 Å². The van der Waals surface area contributed by atoms with Crippen molar-refractivity contribution in [1.82, 2.24) is 15.0 Å². The first-order valence-corrected chi connectivity index (χ1v) is 9.48. The number of halogens is 1. The van der Waals surface area contributed by atoms with E-state index in [0.29, 0.717) is 34.2 Å². The number of carbonyl (C=O) groups is 1. The zero-order valence-corrected chi connectivity index (χ0v) is 15.8. The number of piperidine rings is 1. The number of aromatic amines is 1. The molecule has 0 radical (unpaired) electrons. The number of imidazole rings is 1. The highest BCUT2D eigenvalue weighted by Crippen LogP contribution is 2.30. The Labute approximate surface area is 161 Å². The predicted octanol–water partition coefficient (Wildman–Crippen LogP) is 3.71. The Bertz CT molecular complexity index is 944. The van der Waals surface area contributed by atoms with E-state index in [0.717, 1.165) is 37.3 Å². The summed E-state index contributed by atoms with van der Waals surface area (Å²) in [5.41, 5.74) is 2.33. The Morgan fingerprint density at radius 1 is 1.33 bits per heavy atom. The molecule has 0 aromatic carbocycles. The van der Waals surface area contributed by atoms with Gasteiger partial charge in [-0.25, -0.2) is 9.78 Å². The zero-order valence-electron chi connectivity index (χ0n) is 15.0. The van der Waals surface area contributed by atoms with Gasteiger partial charge in [0, 0.05) is 25.1 Å². The molecule has 0 spiro atoms. The lowest BCUT2D eigenvalue weighted by molar-refractivity contribution is -0.133. The van der Waals surface area contributed by atoms with Crippen molar-refractivity contribution in [3.8, 4) is 6.01 Å². The second-order valence-electron chi connectivity index (χ2n) is 6.94. The number of hydrogen-bond acceptors (Lipinski definition) is 5. The van der Waals surface area contributed by atoms with Gasteiger partial charge in [-0.05, 0) is 43.9 Å². The Hall–Kier alpha value is -2.54. The van der Waals surface area contributed by atoms with Crippen molar-refractivity contribution in [3.05, 3.63) is 34.4 Å². The molecule has 27 heavy (non-hydrogen) atoms. The molecule has 2 N–H and O–H groups in total. The molecule has 8 heteroatoms. The number of fused-ring (bicyclic) bond motifs is 1. The van der Waals surface area contributed by atoms with Crippen LogP contribution in [0, 0.1) is 0 Å². The van der Waals surface area contributed by atoms with E-state index in [1.807, 2.05) is 12.1 Å². The molecule has 2 aromatic rings. The Kier molecular flexibility index (Phi) is 4.78. The first-order valence-electron chi connectivity index (χ1n) is 9.10. The van der Waals surface area contributed by atoms with Crippen molar-refractivity contribution in [3.63, 3.8) is 0 Å². The molecule has 2 aromatic heterocycles. The number of pyridine rings is 1. The normalized spacial score (nSPS) is 20.4. The minimum absolute atomic E-state index is 0.294. The van der Waals surface area contributed by atoms with Gasteiger partial charge in [-0.1, -0.05) is 17.7 Å². The van der Waals surface area contributed by atoms with Crippen molar-refractivity contribution < 1.29 is 14.6 Å². The molecule has 1 unspecified atom stereocenters. The summed E-state index contributed by atoms with van der Waals surface area (Å²) in [6.07, 6.45) is 7.02. The number of aromatic nitrogens is 3. The summed E-state index contributed by atoms with van der Waals surface area (Å²) in [4.78, 5) is 25.6. The number of carboxylic acid groups (broad SMARTS) is 1. The molecule has 0 saturated carbocycles. The monoisotopic (exact) mass is 388 g/mol. The first-order chi connectivity index (χ1) is 13.0. The maximum absolute atomic E-state index is 11.3. The molecule has 3 heterocycles. The summed E-state index contributed by atoms with van der Waals surface area (Å²) < 4.78 is 5.85. The number of hydrogen-bond donors (Lipinski definition) is 2. The number of ether oxygens (including phenoxy) is 1. The molecule has 142 valence electrons. The van der Waals surface area contributed by atoms with Gasteiger partial charge >= 0.3 is 5.97 Å². The molecule has 2 aliphatic rings. The van der Waals surface area contributed by atoms with Crippen molar-refractivity contribution >= 4 is 34.6 Å². The van der Waals surface area contributed by atoms with E-state index in [1.165, 1.54) is 6.42 Å². The SMILES string of the molecule is CC1=C(C(=O)O)CC(Oc2nc3nc(N4CCCCC4)c(Cl)cc3[nH]2)C=C1.